The van der Waals surface area contributed by atoms with E-state index in [1.165, 1.54) is 16.5 Å². The van der Waals surface area contributed by atoms with Crippen molar-refractivity contribution in [2.45, 2.75) is 6.54 Å². The van der Waals surface area contributed by atoms with Crippen molar-refractivity contribution < 1.29 is 0 Å². The molecule has 0 unspecified atom stereocenters. The molecule has 0 saturated heterocycles. The Morgan fingerprint density at radius 2 is 2.17 bits per heavy atom. The summed E-state index contributed by atoms with van der Waals surface area (Å²) in [5.41, 5.74) is 9.11. The van der Waals surface area contributed by atoms with Crippen LogP contribution >= 0.6 is 23.6 Å². The second-order valence-corrected chi connectivity index (χ2v) is 5.43. The van der Waals surface area contributed by atoms with Crippen molar-refractivity contribution in [3.05, 3.63) is 58.4 Å². The van der Waals surface area contributed by atoms with Crippen molar-refractivity contribution in [1.82, 2.24) is 4.57 Å². The van der Waals surface area contributed by atoms with Crippen molar-refractivity contribution >= 4 is 39.4 Å². The highest BCUT2D eigenvalue weighted by Crippen LogP contribution is 2.19. The molecular weight excluding hydrogens is 260 g/mol. The van der Waals surface area contributed by atoms with Crippen LogP contribution in [0.4, 0.5) is 0 Å². The Labute approximate surface area is 115 Å². The fourth-order valence-electron chi connectivity index (χ4n) is 2.07. The van der Waals surface area contributed by atoms with Gasteiger partial charge in [-0.3, -0.25) is 0 Å². The van der Waals surface area contributed by atoms with Crippen LogP contribution in [-0.4, -0.2) is 9.56 Å². The third-order valence-corrected chi connectivity index (χ3v) is 3.96. The summed E-state index contributed by atoms with van der Waals surface area (Å²) in [6.07, 6.45) is 2.10. The minimum absolute atomic E-state index is 0.447. The monoisotopic (exact) mass is 272 g/mol. The first-order valence-electron chi connectivity index (χ1n) is 5.64. The number of nitrogens with two attached hydrogens (primary N) is 1. The number of thiophene rings is 1. The molecule has 3 rings (SSSR count). The first kappa shape index (κ1) is 11.4. The van der Waals surface area contributed by atoms with Crippen LogP contribution in [0.1, 0.15) is 11.1 Å². The summed E-state index contributed by atoms with van der Waals surface area (Å²) in [4.78, 5) is 0.447. The number of thiocarbonyl (C=S) groups is 1. The fraction of sp³-hybridized carbons (Fsp3) is 0.0714. The molecule has 90 valence electrons. The molecule has 0 aliphatic heterocycles. The molecule has 2 N–H and O–H groups in total. The molecule has 1 aromatic carbocycles. The molecular formula is C14H12N2S2. The van der Waals surface area contributed by atoms with Crippen molar-refractivity contribution in [1.29, 1.82) is 0 Å². The van der Waals surface area contributed by atoms with E-state index in [-0.39, 0.29) is 0 Å². The van der Waals surface area contributed by atoms with Gasteiger partial charge in [0.25, 0.3) is 0 Å². The topological polar surface area (TPSA) is 30.9 Å². The number of rotatable bonds is 3. The van der Waals surface area contributed by atoms with E-state index in [0.29, 0.717) is 4.99 Å². The van der Waals surface area contributed by atoms with Crippen LogP contribution in [0.15, 0.2) is 47.3 Å². The third kappa shape index (κ3) is 2.05. The number of hydrogen-bond acceptors (Lipinski definition) is 2. The van der Waals surface area contributed by atoms with Gasteiger partial charge in [0.15, 0.2) is 0 Å². The Morgan fingerprint density at radius 1 is 1.28 bits per heavy atom. The number of benzene rings is 1. The maximum Gasteiger partial charge on any atom is 0.104 e. The molecule has 2 aromatic heterocycles. The summed E-state index contributed by atoms with van der Waals surface area (Å²) in [6.45, 7) is 0.902. The Hall–Kier alpha value is -1.65. The van der Waals surface area contributed by atoms with Crippen molar-refractivity contribution in [2.75, 3.05) is 0 Å². The predicted molar refractivity (Wildman–Crippen MR) is 81.2 cm³/mol. The Bertz CT molecular complexity index is 696. The van der Waals surface area contributed by atoms with E-state index in [9.17, 15) is 0 Å². The highest BCUT2D eigenvalue weighted by atomic mass is 32.1. The van der Waals surface area contributed by atoms with Gasteiger partial charge in [-0.05, 0) is 46.7 Å². The summed E-state index contributed by atoms with van der Waals surface area (Å²) in [6, 6.07) is 10.4. The van der Waals surface area contributed by atoms with E-state index >= 15 is 0 Å². The van der Waals surface area contributed by atoms with Gasteiger partial charge in [0.05, 0.1) is 0 Å². The highest BCUT2D eigenvalue weighted by molar-refractivity contribution is 7.80. The van der Waals surface area contributed by atoms with Gasteiger partial charge < -0.3 is 10.3 Å². The molecule has 0 saturated carbocycles. The number of hydrogen-bond donors (Lipinski definition) is 1. The molecule has 0 fully saturated rings. The standard InChI is InChI=1S/C14H12N2S2/c15-14(17)12-1-2-13-11(7-12)3-5-16(13)8-10-4-6-18-9-10/h1-7,9H,8H2,(H2,15,17). The minimum Gasteiger partial charge on any atom is -0.389 e. The molecule has 0 aliphatic carbocycles. The van der Waals surface area contributed by atoms with Gasteiger partial charge in [-0.15, -0.1) is 0 Å². The Kier molecular flexibility index (Phi) is 2.89. The maximum absolute atomic E-state index is 5.65. The second-order valence-electron chi connectivity index (χ2n) is 4.21. The molecule has 2 nitrogen and oxygen atoms in total. The van der Waals surface area contributed by atoms with Crippen LogP contribution in [0.25, 0.3) is 10.9 Å². The van der Waals surface area contributed by atoms with Crippen molar-refractivity contribution in [2.24, 2.45) is 5.73 Å². The average Bonchev–Trinajstić information content (AvgIpc) is 2.99. The van der Waals surface area contributed by atoms with Gasteiger partial charge in [-0.1, -0.05) is 12.2 Å². The van der Waals surface area contributed by atoms with Crippen LogP contribution in [0.5, 0.6) is 0 Å². The summed E-state index contributed by atoms with van der Waals surface area (Å²) >= 11 is 6.72. The lowest BCUT2D eigenvalue weighted by atomic mass is 10.1. The van der Waals surface area contributed by atoms with Crippen molar-refractivity contribution in [3.8, 4) is 0 Å². The van der Waals surface area contributed by atoms with Crippen LogP contribution in [-0.2, 0) is 6.54 Å². The highest BCUT2D eigenvalue weighted by Gasteiger charge is 2.04. The van der Waals surface area contributed by atoms with Crippen LogP contribution in [0, 0.1) is 0 Å². The molecule has 3 aromatic rings. The van der Waals surface area contributed by atoms with Gasteiger partial charge in [-0.2, -0.15) is 11.3 Å². The second kappa shape index (κ2) is 4.55. The van der Waals surface area contributed by atoms with E-state index in [1.807, 2.05) is 12.1 Å². The molecule has 18 heavy (non-hydrogen) atoms. The quantitative estimate of drug-likeness (QED) is 0.741. The zero-order chi connectivity index (χ0) is 12.5. The smallest absolute Gasteiger partial charge is 0.104 e. The lowest BCUT2D eigenvalue weighted by Crippen LogP contribution is -2.08. The van der Waals surface area contributed by atoms with Gasteiger partial charge >= 0.3 is 0 Å². The predicted octanol–water partition coefficient (Wildman–Crippen LogP) is 3.39. The SMILES string of the molecule is NC(=S)c1ccc2c(ccn2Cc2ccsc2)c1. The van der Waals surface area contributed by atoms with Gasteiger partial charge in [-0.25, -0.2) is 0 Å². The fourth-order valence-corrected chi connectivity index (χ4v) is 2.86. The zero-order valence-corrected chi connectivity index (χ0v) is 11.3. The van der Waals surface area contributed by atoms with E-state index in [2.05, 4.69) is 39.7 Å². The van der Waals surface area contributed by atoms with Crippen LogP contribution < -0.4 is 5.73 Å². The first-order valence-corrected chi connectivity index (χ1v) is 6.99. The lowest BCUT2D eigenvalue weighted by molar-refractivity contribution is 0.840. The van der Waals surface area contributed by atoms with Gasteiger partial charge in [0.2, 0.25) is 0 Å². The molecule has 0 spiro atoms. The molecule has 4 heteroatoms. The molecule has 0 amide bonds. The molecule has 0 atom stereocenters. The summed E-state index contributed by atoms with van der Waals surface area (Å²) in [7, 11) is 0. The number of aromatic nitrogens is 1. The Balaban J connectivity index is 2.02. The maximum atomic E-state index is 5.65. The van der Waals surface area contributed by atoms with Crippen molar-refractivity contribution in [3.63, 3.8) is 0 Å². The zero-order valence-electron chi connectivity index (χ0n) is 9.67. The Morgan fingerprint density at radius 3 is 2.89 bits per heavy atom. The summed E-state index contributed by atoms with van der Waals surface area (Å²) in [5, 5.41) is 5.46. The van der Waals surface area contributed by atoms with E-state index in [0.717, 1.165) is 12.1 Å². The average molecular weight is 272 g/mol. The van der Waals surface area contributed by atoms with Crippen LogP contribution in [0.2, 0.25) is 0 Å². The summed E-state index contributed by atoms with van der Waals surface area (Å²) < 4.78 is 2.24. The molecule has 0 radical (unpaired) electrons. The molecule has 0 bridgehead atoms. The minimum atomic E-state index is 0.447. The summed E-state index contributed by atoms with van der Waals surface area (Å²) in [5.74, 6) is 0. The van der Waals surface area contributed by atoms with E-state index in [1.54, 1.807) is 11.3 Å². The van der Waals surface area contributed by atoms with Crippen LogP contribution in [0.3, 0.4) is 0 Å². The molecule has 0 aliphatic rings. The van der Waals surface area contributed by atoms with Gasteiger partial charge in [0, 0.05) is 29.2 Å². The third-order valence-electron chi connectivity index (χ3n) is 2.99. The normalized spacial score (nSPS) is 10.9. The van der Waals surface area contributed by atoms with E-state index < -0.39 is 0 Å². The van der Waals surface area contributed by atoms with Gasteiger partial charge in [0.1, 0.15) is 4.99 Å². The first-order chi connectivity index (χ1) is 8.74. The number of nitrogens with zero attached hydrogens (tertiary/aromatic N) is 1. The largest absolute Gasteiger partial charge is 0.389 e. The van der Waals surface area contributed by atoms with E-state index in [4.69, 9.17) is 18.0 Å². The lowest BCUT2D eigenvalue weighted by Gasteiger charge is -2.04. The number of fused-ring (bicyclic) bond motifs is 1. The molecule has 2 heterocycles.